The predicted molar refractivity (Wildman–Crippen MR) is 57.8 cm³/mol. The van der Waals surface area contributed by atoms with Gasteiger partial charge in [0, 0.05) is 18.5 Å². The van der Waals surface area contributed by atoms with Gasteiger partial charge in [-0.3, -0.25) is 0 Å². The second-order valence-corrected chi connectivity index (χ2v) is 4.38. The Morgan fingerprint density at radius 1 is 1.40 bits per heavy atom. The van der Waals surface area contributed by atoms with E-state index in [1.165, 1.54) is 6.33 Å². The molecule has 15 heavy (non-hydrogen) atoms. The minimum Gasteiger partial charge on any atom is -0.354 e. The maximum absolute atomic E-state index is 13.7. The van der Waals surface area contributed by atoms with Crippen molar-refractivity contribution in [2.24, 2.45) is 0 Å². The lowest BCUT2D eigenvalue weighted by atomic mass is 10.1. The zero-order valence-electron chi connectivity index (χ0n) is 8.58. The van der Waals surface area contributed by atoms with E-state index < -0.39 is 0 Å². The molecule has 5 heteroatoms. The van der Waals surface area contributed by atoms with Crippen LogP contribution in [-0.4, -0.2) is 28.4 Å². The van der Waals surface area contributed by atoms with Gasteiger partial charge in [0.2, 0.25) is 0 Å². The van der Waals surface area contributed by atoms with Gasteiger partial charge in [0.15, 0.2) is 11.6 Å². The Kier molecular flexibility index (Phi) is 3.05. The number of nitrogens with zero attached hydrogens (tertiary/aromatic N) is 3. The van der Waals surface area contributed by atoms with Crippen LogP contribution in [0.5, 0.6) is 0 Å². The van der Waals surface area contributed by atoms with Crippen LogP contribution in [-0.2, 0) is 0 Å². The molecule has 0 N–H and O–H groups in total. The van der Waals surface area contributed by atoms with Gasteiger partial charge in [0.25, 0.3) is 0 Å². The summed E-state index contributed by atoms with van der Waals surface area (Å²) in [4.78, 5) is 9.73. The molecule has 0 amide bonds. The number of rotatable bonds is 1. The normalized spacial score (nSPS) is 18.2. The largest absolute Gasteiger partial charge is 0.354 e. The van der Waals surface area contributed by atoms with E-state index in [0.29, 0.717) is 11.5 Å². The molecule has 1 aromatic heterocycles. The monoisotopic (exact) mass is 229 g/mol. The van der Waals surface area contributed by atoms with Gasteiger partial charge in [0.1, 0.15) is 6.33 Å². The molecule has 0 spiro atoms. The summed E-state index contributed by atoms with van der Waals surface area (Å²) in [7, 11) is 0. The second kappa shape index (κ2) is 4.31. The first-order chi connectivity index (χ1) is 7.18. The molecular formula is C10H13ClFN3. The minimum absolute atomic E-state index is 0.215. The zero-order chi connectivity index (χ0) is 10.8. The van der Waals surface area contributed by atoms with Crippen molar-refractivity contribution in [1.82, 2.24) is 9.97 Å². The number of piperidine rings is 1. The first-order valence-electron chi connectivity index (χ1n) is 5.04. The van der Waals surface area contributed by atoms with Crippen LogP contribution in [0.3, 0.4) is 0 Å². The van der Waals surface area contributed by atoms with Gasteiger partial charge >= 0.3 is 0 Å². The van der Waals surface area contributed by atoms with E-state index >= 15 is 0 Å². The molecule has 2 rings (SSSR count). The van der Waals surface area contributed by atoms with Crippen molar-refractivity contribution in [3.05, 3.63) is 17.8 Å². The molecular weight excluding hydrogens is 217 g/mol. The minimum atomic E-state index is -0.314. The van der Waals surface area contributed by atoms with E-state index in [1.54, 1.807) is 6.92 Å². The lowest BCUT2D eigenvalue weighted by Crippen LogP contribution is -2.35. The van der Waals surface area contributed by atoms with Crippen LogP contribution in [0.4, 0.5) is 10.2 Å². The highest BCUT2D eigenvalue weighted by atomic mass is 35.5. The van der Waals surface area contributed by atoms with Crippen molar-refractivity contribution in [1.29, 1.82) is 0 Å². The second-order valence-electron chi connectivity index (χ2n) is 3.76. The fourth-order valence-electron chi connectivity index (χ4n) is 1.73. The number of anilines is 1. The Labute approximate surface area is 93.3 Å². The van der Waals surface area contributed by atoms with E-state index in [1.807, 2.05) is 4.90 Å². The van der Waals surface area contributed by atoms with E-state index in [-0.39, 0.29) is 11.2 Å². The van der Waals surface area contributed by atoms with Gasteiger partial charge in [-0.2, -0.15) is 0 Å². The Bertz CT molecular complexity index is 351. The van der Waals surface area contributed by atoms with Crippen LogP contribution < -0.4 is 4.90 Å². The van der Waals surface area contributed by atoms with Crippen molar-refractivity contribution >= 4 is 17.4 Å². The Morgan fingerprint density at radius 3 is 2.73 bits per heavy atom. The van der Waals surface area contributed by atoms with Gasteiger partial charge in [-0.15, -0.1) is 11.6 Å². The van der Waals surface area contributed by atoms with Crippen molar-refractivity contribution in [2.75, 3.05) is 18.0 Å². The third-order valence-corrected chi connectivity index (χ3v) is 3.11. The number of alkyl halides is 1. The summed E-state index contributed by atoms with van der Waals surface area (Å²) in [6.07, 6.45) is 3.16. The Morgan fingerprint density at radius 2 is 2.07 bits per heavy atom. The van der Waals surface area contributed by atoms with E-state index in [9.17, 15) is 4.39 Å². The first-order valence-corrected chi connectivity index (χ1v) is 5.48. The summed E-state index contributed by atoms with van der Waals surface area (Å²) in [5, 5.41) is 0.215. The number of aryl methyl sites for hydroxylation is 1. The third kappa shape index (κ3) is 2.20. The molecule has 1 saturated heterocycles. The maximum atomic E-state index is 13.7. The maximum Gasteiger partial charge on any atom is 0.186 e. The van der Waals surface area contributed by atoms with Gasteiger partial charge in [0.05, 0.1) is 5.69 Å². The summed E-state index contributed by atoms with van der Waals surface area (Å²) >= 11 is 5.99. The summed E-state index contributed by atoms with van der Waals surface area (Å²) < 4.78 is 13.7. The highest BCUT2D eigenvalue weighted by Crippen LogP contribution is 2.23. The van der Waals surface area contributed by atoms with Crippen molar-refractivity contribution in [2.45, 2.75) is 25.1 Å². The fourth-order valence-corrected chi connectivity index (χ4v) is 1.92. The molecule has 0 aromatic carbocycles. The topological polar surface area (TPSA) is 29.0 Å². The van der Waals surface area contributed by atoms with Crippen LogP contribution in [0.2, 0.25) is 0 Å². The highest BCUT2D eigenvalue weighted by Gasteiger charge is 2.21. The number of halogens is 2. The zero-order valence-corrected chi connectivity index (χ0v) is 9.34. The molecule has 1 fully saturated rings. The molecule has 3 nitrogen and oxygen atoms in total. The molecule has 0 atom stereocenters. The predicted octanol–water partition coefficient (Wildman–Crippen LogP) is 2.13. The lowest BCUT2D eigenvalue weighted by molar-refractivity contribution is 0.547. The molecule has 0 unspecified atom stereocenters. The lowest BCUT2D eigenvalue weighted by Gasteiger charge is -2.30. The number of hydrogen-bond acceptors (Lipinski definition) is 3. The summed E-state index contributed by atoms with van der Waals surface area (Å²) in [6, 6.07) is 0. The van der Waals surface area contributed by atoms with Gasteiger partial charge < -0.3 is 4.90 Å². The molecule has 0 saturated carbocycles. The molecule has 1 aliphatic rings. The molecule has 2 heterocycles. The highest BCUT2D eigenvalue weighted by molar-refractivity contribution is 6.20. The molecule has 1 aliphatic heterocycles. The molecule has 82 valence electrons. The molecule has 0 bridgehead atoms. The van der Waals surface area contributed by atoms with Gasteiger partial charge in [-0.25, -0.2) is 14.4 Å². The summed E-state index contributed by atoms with van der Waals surface area (Å²) in [5.74, 6) is 0.0941. The van der Waals surface area contributed by atoms with Gasteiger partial charge in [-0.1, -0.05) is 0 Å². The summed E-state index contributed by atoms with van der Waals surface area (Å²) in [6.45, 7) is 3.18. The van der Waals surface area contributed by atoms with E-state index in [2.05, 4.69) is 9.97 Å². The molecule has 0 aliphatic carbocycles. The SMILES string of the molecule is Cc1ncnc(N2CCC(Cl)CC2)c1F. The quantitative estimate of drug-likeness (QED) is 0.691. The fraction of sp³-hybridized carbons (Fsp3) is 0.600. The van der Waals surface area contributed by atoms with Crippen LogP contribution in [0.15, 0.2) is 6.33 Å². The third-order valence-electron chi connectivity index (χ3n) is 2.67. The smallest absolute Gasteiger partial charge is 0.186 e. The van der Waals surface area contributed by atoms with Crippen molar-refractivity contribution in [3.63, 3.8) is 0 Å². The average molecular weight is 230 g/mol. The van der Waals surface area contributed by atoms with Crippen LogP contribution in [0, 0.1) is 12.7 Å². The van der Waals surface area contributed by atoms with Gasteiger partial charge in [-0.05, 0) is 19.8 Å². The van der Waals surface area contributed by atoms with Crippen LogP contribution in [0.25, 0.3) is 0 Å². The van der Waals surface area contributed by atoms with Crippen LogP contribution in [0.1, 0.15) is 18.5 Å². The molecule has 0 radical (unpaired) electrons. The van der Waals surface area contributed by atoms with E-state index in [0.717, 1.165) is 25.9 Å². The van der Waals surface area contributed by atoms with E-state index in [4.69, 9.17) is 11.6 Å². The first kappa shape index (κ1) is 10.6. The number of hydrogen-bond donors (Lipinski definition) is 0. The number of aromatic nitrogens is 2. The standard InChI is InChI=1S/C10H13ClFN3/c1-7-9(12)10(14-6-13-7)15-4-2-8(11)3-5-15/h6,8H,2-5H2,1H3. The molecule has 1 aromatic rings. The Balaban J connectivity index is 2.19. The Hall–Kier alpha value is -0.900. The van der Waals surface area contributed by atoms with Crippen molar-refractivity contribution < 1.29 is 4.39 Å². The average Bonchev–Trinajstić information content (AvgIpc) is 2.24. The van der Waals surface area contributed by atoms with Crippen molar-refractivity contribution in [3.8, 4) is 0 Å². The van der Waals surface area contributed by atoms with Crippen LogP contribution >= 0.6 is 11.6 Å². The summed E-state index contributed by atoms with van der Waals surface area (Å²) in [5.41, 5.74) is 0.396.